The van der Waals surface area contributed by atoms with Gasteiger partial charge in [0, 0.05) is 0 Å². The second-order valence-corrected chi connectivity index (χ2v) is 0.289. The van der Waals surface area contributed by atoms with E-state index in [1.807, 2.05) is 0 Å². The van der Waals surface area contributed by atoms with Gasteiger partial charge < -0.3 is 6.58 Å². The standard InChI is InChI=1S/C3H5.C2H3.Mg/c1-3-2;1-2;/h3H,1-2H2;1H,2H2;/q2*-1;+2. The van der Waals surface area contributed by atoms with Crippen molar-refractivity contribution in [2.45, 2.75) is 0 Å². The van der Waals surface area contributed by atoms with E-state index in [4.69, 9.17) is 0 Å². The van der Waals surface area contributed by atoms with E-state index in [0.29, 0.717) is 0 Å². The predicted octanol–water partition coefficient (Wildman–Crippen LogP) is 1.23. The van der Waals surface area contributed by atoms with Gasteiger partial charge in [-0.15, -0.1) is 0 Å². The van der Waals surface area contributed by atoms with E-state index in [2.05, 4.69) is 26.7 Å². The molecule has 0 aliphatic heterocycles. The van der Waals surface area contributed by atoms with Gasteiger partial charge in [-0.05, 0) is 0 Å². The maximum absolute atomic E-state index is 4.25. The SMILES string of the molecule is C=C[CH2-].[CH-]=C.[Mg+2]. The van der Waals surface area contributed by atoms with Crippen LogP contribution in [-0.4, -0.2) is 23.1 Å². The van der Waals surface area contributed by atoms with Gasteiger partial charge in [-0.25, -0.2) is 19.6 Å². The minimum absolute atomic E-state index is 0. The van der Waals surface area contributed by atoms with Crippen LogP contribution in [0.2, 0.25) is 0 Å². The molecule has 0 nitrogen and oxygen atoms in total. The summed E-state index contributed by atoms with van der Waals surface area (Å²) in [6.07, 6.45) is 1.50. The van der Waals surface area contributed by atoms with Crippen molar-refractivity contribution in [1.29, 1.82) is 0 Å². The van der Waals surface area contributed by atoms with Crippen LogP contribution in [0.5, 0.6) is 0 Å². The minimum atomic E-state index is 0. The van der Waals surface area contributed by atoms with Gasteiger partial charge in [-0.3, -0.25) is 6.58 Å². The second kappa shape index (κ2) is 69.6. The molecule has 0 aliphatic rings. The molecule has 0 aromatic carbocycles. The van der Waals surface area contributed by atoms with Crippen LogP contribution in [0.3, 0.4) is 0 Å². The van der Waals surface area contributed by atoms with Crippen LogP contribution < -0.4 is 0 Å². The molecule has 0 N–H and O–H groups in total. The van der Waals surface area contributed by atoms with Gasteiger partial charge >= 0.3 is 23.1 Å². The number of allylic oxidation sites excluding steroid dienone is 1. The summed E-state index contributed by atoms with van der Waals surface area (Å²) in [6, 6.07) is 0. The van der Waals surface area contributed by atoms with Gasteiger partial charge in [0.05, 0.1) is 0 Å². The molecule has 6 heavy (non-hydrogen) atoms. The van der Waals surface area contributed by atoms with Gasteiger partial charge in [0.1, 0.15) is 0 Å². The molecular formula is C5H8Mg. The zero-order valence-corrected chi connectivity index (χ0v) is 5.40. The Bertz CT molecular complexity index is 17.9. The number of rotatable bonds is 0. The third-order valence-corrected chi connectivity index (χ3v) is 0. The maximum Gasteiger partial charge on any atom is 2.00 e. The summed E-state index contributed by atoms with van der Waals surface area (Å²) in [7, 11) is 0. The first-order valence-electron chi connectivity index (χ1n) is 1.22. The van der Waals surface area contributed by atoms with Crippen LogP contribution in [0.15, 0.2) is 19.2 Å². The maximum atomic E-state index is 4.25. The Balaban J connectivity index is -0.0000000275. The smallest absolute Gasteiger partial charge is 0.521 e. The van der Waals surface area contributed by atoms with Crippen molar-refractivity contribution in [1.82, 2.24) is 0 Å². The Kier molecular flexibility index (Phi) is 191. The largest absolute Gasteiger partial charge is 2.00 e. The van der Waals surface area contributed by atoms with E-state index in [1.54, 1.807) is 0 Å². The summed E-state index contributed by atoms with van der Waals surface area (Å²) < 4.78 is 0. The fourth-order valence-electron chi connectivity index (χ4n) is 0. The van der Waals surface area contributed by atoms with Crippen molar-refractivity contribution in [3.05, 3.63) is 32.7 Å². The van der Waals surface area contributed by atoms with Gasteiger partial charge in [-0.2, -0.15) is 0 Å². The monoisotopic (exact) mass is 92.0 g/mol. The van der Waals surface area contributed by atoms with Crippen LogP contribution in [-0.2, 0) is 0 Å². The summed E-state index contributed by atoms with van der Waals surface area (Å²) in [6.45, 7) is 13.5. The molecule has 0 aromatic heterocycles. The number of hydrogen-bond acceptors (Lipinski definition) is 0. The van der Waals surface area contributed by atoms with E-state index in [0.717, 1.165) is 0 Å². The first-order chi connectivity index (χ1) is 2.41. The Labute approximate surface area is 56.1 Å². The Morgan fingerprint density at radius 2 is 1.50 bits per heavy atom. The van der Waals surface area contributed by atoms with E-state index >= 15 is 0 Å². The Morgan fingerprint density at radius 1 is 1.50 bits per heavy atom. The summed E-state index contributed by atoms with van der Waals surface area (Å²) in [5.74, 6) is 0. The van der Waals surface area contributed by atoms with Crippen LogP contribution in [0.4, 0.5) is 0 Å². The molecule has 0 radical (unpaired) electrons. The van der Waals surface area contributed by atoms with E-state index in [1.165, 1.54) is 6.08 Å². The van der Waals surface area contributed by atoms with Gasteiger partial charge in [0.15, 0.2) is 0 Å². The summed E-state index contributed by atoms with van der Waals surface area (Å²) in [5, 5.41) is 0. The Hall–Kier alpha value is 0.116. The second-order valence-electron chi connectivity index (χ2n) is 0.289. The summed E-state index contributed by atoms with van der Waals surface area (Å²) in [4.78, 5) is 0. The fraction of sp³-hybridized carbons (Fsp3) is 0. The number of hydrogen-bond donors (Lipinski definition) is 0. The van der Waals surface area contributed by atoms with Gasteiger partial charge in [0.25, 0.3) is 0 Å². The average molecular weight is 92.4 g/mol. The molecule has 30 valence electrons. The molecule has 0 unspecified atom stereocenters. The molecule has 0 saturated heterocycles. The van der Waals surface area contributed by atoms with Crippen molar-refractivity contribution in [3.8, 4) is 0 Å². The van der Waals surface area contributed by atoms with Gasteiger partial charge in [0.2, 0.25) is 0 Å². The predicted molar refractivity (Wildman–Crippen MR) is 31.2 cm³/mol. The summed E-state index contributed by atoms with van der Waals surface area (Å²) >= 11 is 0. The molecule has 0 aromatic rings. The van der Waals surface area contributed by atoms with Crippen LogP contribution in [0.1, 0.15) is 0 Å². The minimum Gasteiger partial charge on any atom is -0.521 e. The zero-order chi connectivity index (χ0) is 4.71. The van der Waals surface area contributed by atoms with Crippen LogP contribution >= 0.6 is 0 Å². The third-order valence-electron chi connectivity index (χ3n) is 0. The van der Waals surface area contributed by atoms with E-state index < -0.39 is 0 Å². The molecule has 0 atom stereocenters. The zero-order valence-electron chi connectivity index (χ0n) is 3.98. The summed E-state index contributed by atoms with van der Waals surface area (Å²) in [5.41, 5.74) is 0. The Morgan fingerprint density at radius 3 is 1.50 bits per heavy atom. The molecule has 0 aliphatic carbocycles. The molecular weight excluding hydrogens is 84.4 g/mol. The normalized spacial score (nSPS) is 2.67. The van der Waals surface area contributed by atoms with Crippen molar-refractivity contribution in [2.24, 2.45) is 0 Å². The molecule has 0 amide bonds. The van der Waals surface area contributed by atoms with Crippen LogP contribution in [0, 0.1) is 13.5 Å². The van der Waals surface area contributed by atoms with Crippen molar-refractivity contribution < 1.29 is 0 Å². The molecule has 0 saturated carbocycles. The molecule has 0 heterocycles. The van der Waals surface area contributed by atoms with Crippen molar-refractivity contribution >= 4 is 23.1 Å². The van der Waals surface area contributed by atoms with Gasteiger partial charge in [-0.1, -0.05) is 0 Å². The first-order valence-corrected chi connectivity index (χ1v) is 1.22. The molecule has 0 rings (SSSR count). The topological polar surface area (TPSA) is 0 Å². The molecule has 0 fully saturated rings. The van der Waals surface area contributed by atoms with E-state index in [-0.39, 0.29) is 23.1 Å². The van der Waals surface area contributed by atoms with Crippen molar-refractivity contribution in [3.63, 3.8) is 0 Å². The third kappa shape index (κ3) is 2960. The van der Waals surface area contributed by atoms with Crippen LogP contribution in [0.25, 0.3) is 0 Å². The quantitative estimate of drug-likeness (QED) is 0.311. The fourth-order valence-corrected chi connectivity index (χ4v) is 0. The van der Waals surface area contributed by atoms with Crippen molar-refractivity contribution in [2.75, 3.05) is 0 Å². The molecule has 1 heteroatoms. The molecule has 0 bridgehead atoms. The van der Waals surface area contributed by atoms with E-state index in [9.17, 15) is 0 Å². The average Bonchev–Trinajstić information content (AvgIpc) is 1.46. The first kappa shape index (κ1) is 16.5. The molecule has 0 spiro atoms.